The molecule has 1 fully saturated rings. The van der Waals surface area contributed by atoms with Crippen molar-refractivity contribution >= 4 is 22.9 Å². The summed E-state index contributed by atoms with van der Waals surface area (Å²) in [6, 6.07) is 10.6. The molecule has 0 bridgehead atoms. The summed E-state index contributed by atoms with van der Waals surface area (Å²) in [5, 5.41) is 4.19. The lowest BCUT2D eigenvalue weighted by Gasteiger charge is -2.31. The van der Waals surface area contributed by atoms with E-state index in [1.165, 1.54) is 14.0 Å². The molecule has 0 atom stereocenters. The number of anilines is 2. The number of carbonyl (C=O) groups is 1. The number of piperidine rings is 1. The van der Waals surface area contributed by atoms with Crippen molar-refractivity contribution in [3.8, 4) is 0 Å². The van der Waals surface area contributed by atoms with Crippen molar-refractivity contribution in [3.63, 3.8) is 0 Å². The minimum Gasteiger partial charge on any atom is -0.344 e. The summed E-state index contributed by atoms with van der Waals surface area (Å²) in [7, 11) is 3.47. The van der Waals surface area contributed by atoms with Gasteiger partial charge in [-0.2, -0.15) is 5.10 Å². The van der Waals surface area contributed by atoms with E-state index in [9.17, 15) is 18.4 Å². The first-order valence-corrected chi connectivity index (χ1v) is 9.31. The molecule has 0 aliphatic carbocycles. The quantitative estimate of drug-likeness (QED) is 0.677. The highest BCUT2D eigenvalue weighted by molar-refractivity contribution is 5.94. The molecule has 3 aromatic rings. The standard InChI is InChI=1S/C20H21F2N5O2/c1-24(16-7-10-27-17(13-16)23-25(2)19(27)29)15-5-3-14(4-6-15)18(28)26-11-8-20(21,22)9-12-26/h3-7,10,13H,8-9,11-12H2,1-2H3. The Balaban J connectivity index is 1.51. The first-order chi connectivity index (χ1) is 13.7. The average molecular weight is 401 g/mol. The Bertz CT molecular complexity index is 1110. The SMILES string of the molecule is CN(c1ccc(C(=O)N2CCC(F)(F)CC2)cc1)c1ccn2c(=O)n(C)nc2c1. The van der Waals surface area contributed by atoms with Crippen LogP contribution in [0.3, 0.4) is 0 Å². The number of alkyl halides is 2. The minimum atomic E-state index is -2.68. The van der Waals surface area contributed by atoms with Crippen LogP contribution < -0.4 is 10.6 Å². The zero-order valence-corrected chi connectivity index (χ0v) is 16.2. The predicted molar refractivity (Wildman–Crippen MR) is 105 cm³/mol. The second-order valence-electron chi connectivity index (χ2n) is 7.27. The number of rotatable bonds is 3. The van der Waals surface area contributed by atoms with Gasteiger partial charge in [0, 0.05) is 69.2 Å². The third kappa shape index (κ3) is 3.59. The van der Waals surface area contributed by atoms with Crippen molar-refractivity contribution in [3.05, 3.63) is 58.6 Å². The van der Waals surface area contributed by atoms with Crippen LogP contribution in [0.2, 0.25) is 0 Å². The largest absolute Gasteiger partial charge is 0.350 e. The number of fused-ring (bicyclic) bond motifs is 1. The van der Waals surface area contributed by atoms with Gasteiger partial charge in [-0.25, -0.2) is 18.3 Å². The Kier molecular flexibility index (Phi) is 4.60. The number of likely N-dealkylation sites (tertiary alicyclic amines) is 1. The van der Waals surface area contributed by atoms with Crippen LogP contribution in [-0.2, 0) is 7.05 Å². The van der Waals surface area contributed by atoms with Gasteiger partial charge in [0.1, 0.15) is 0 Å². The van der Waals surface area contributed by atoms with Crippen LogP contribution in [0.4, 0.5) is 20.2 Å². The number of hydrogen-bond donors (Lipinski definition) is 0. The molecule has 0 saturated carbocycles. The van der Waals surface area contributed by atoms with E-state index in [1.54, 1.807) is 43.6 Å². The molecule has 2 aromatic heterocycles. The summed E-state index contributed by atoms with van der Waals surface area (Å²) in [5.74, 6) is -2.91. The molecule has 29 heavy (non-hydrogen) atoms. The predicted octanol–water partition coefficient (Wildman–Crippen LogP) is 2.67. The second kappa shape index (κ2) is 6.98. The van der Waals surface area contributed by atoms with Gasteiger partial charge in [0.2, 0.25) is 0 Å². The number of benzene rings is 1. The Labute approximate surface area is 165 Å². The molecule has 0 unspecified atom stereocenters. The minimum absolute atomic E-state index is 0.0664. The highest BCUT2D eigenvalue weighted by Gasteiger charge is 2.35. The monoisotopic (exact) mass is 401 g/mol. The Morgan fingerprint density at radius 1 is 1.10 bits per heavy atom. The van der Waals surface area contributed by atoms with Crippen molar-refractivity contribution in [2.45, 2.75) is 18.8 Å². The van der Waals surface area contributed by atoms with E-state index < -0.39 is 5.92 Å². The first-order valence-electron chi connectivity index (χ1n) is 9.31. The van der Waals surface area contributed by atoms with Gasteiger partial charge in [-0.1, -0.05) is 0 Å². The summed E-state index contributed by atoms with van der Waals surface area (Å²) >= 11 is 0. The highest BCUT2D eigenvalue weighted by atomic mass is 19.3. The Hall–Kier alpha value is -3.23. The van der Waals surface area contributed by atoms with E-state index in [2.05, 4.69) is 5.10 Å². The zero-order chi connectivity index (χ0) is 20.8. The van der Waals surface area contributed by atoms with E-state index in [1.807, 2.05) is 18.0 Å². The van der Waals surface area contributed by atoms with E-state index in [0.717, 1.165) is 11.4 Å². The van der Waals surface area contributed by atoms with Gasteiger partial charge in [-0.15, -0.1) is 0 Å². The van der Waals surface area contributed by atoms with E-state index in [0.29, 0.717) is 11.2 Å². The zero-order valence-electron chi connectivity index (χ0n) is 16.2. The van der Waals surface area contributed by atoms with Crippen LogP contribution in [0.5, 0.6) is 0 Å². The number of amides is 1. The molecule has 3 heterocycles. The van der Waals surface area contributed by atoms with Crippen molar-refractivity contribution in [1.82, 2.24) is 19.1 Å². The maximum absolute atomic E-state index is 13.3. The second-order valence-corrected chi connectivity index (χ2v) is 7.27. The molecule has 4 rings (SSSR count). The van der Waals surface area contributed by atoms with Gasteiger partial charge < -0.3 is 9.80 Å². The maximum atomic E-state index is 13.3. The summed E-state index contributed by atoms with van der Waals surface area (Å²) in [5.41, 5.74) is 2.47. The van der Waals surface area contributed by atoms with Crippen molar-refractivity contribution in [2.75, 3.05) is 25.0 Å². The summed E-state index contributed by atoms with van der Waals surface area (Å²) < 4.78 is 29.3. The summed E-state index contributed by atoms with van der Waals surface area (Å²) in [6.07, 6.45) is 1.08. The molecule has 1 aliphatic rings. The number of pyridine rings is 1. The maximum Gasteiger partial charge on any atom is 0.350 e. The molecular weight excluding hydrogens is 380 g/mol. The van der Waals surface area contributed by atoms with Crippen LogP contribution in [0.1, 0.15) is 23.2 Å². The Morgan fingerprint density at radius 2 is 1.76 bits per heavy atom. The lowest BCUT2D eigenvalue weighted by Crippen LogP contribution is -2.42. The van der Waals surface area contributed by atoms with Crippen LogP contribution >= 0.6 is 0 Å². The molecule has 7 nitrogen and oxygen atoms in total. The number of carbonyl (C=O) groups excluding carboxylic acids is 1. The van der Waals surface area contributed by atoms with E-state index in [-0.39, 0.29) is 37.5 Å². The van der Waals surface area contributed by atoms with Gasteiger partial charge in [0.15, 0.2) is 5.65 Å². The van der Waals surface area contributed by atoms with Crippen LogP contribution in [-0.4, -0.2) is 51.0 Å². The summed E-state index contributed by atoms with van der Waals surface area (Å²) in [4.78, 5) is 27.9. The number of halogens is 2. The first kappa shape index (κ1) is 19.1. The molecule has 0 N–H and O–H groups in total. The number of nitrogens with zero attached hydrogens (tertiary/aromatic N) is 5. The molecular formula is C20H21F2N5O2. The van der Waals surface area contributed by atoms with Gasteiger partial charge >= 0.3 is 5.69 Å². The van der Waals surface area contributed by atoms with Gasteiger partial charge in [0.25, 0.3) is 11.8 Å². The number of hydrogen-bond acceptors (Lipinski definition) is 4. The third-order valence-electron chi connectivity index (χ3n) is 5.32. The van der Waals surface area contributed by atoms with Crippen LogP contribution in [0, 0.1) is 0 Å². The molecule has 0 spiro atoms. The molecule has 1 saturated heterocycles. The van der Waals surface area contributed by atoms with Crippen molar-refractivity contribution in [1.29, 1.82) is 0 Å². The highest BCUT2D eigenvalue weighted by Crippen LogP contribution is 2.29. The molecule has 1 amide bonds. The fourth-order valence-electron chi connectivity index (χ4n) is 3.47. The van der Waals surface area contributed by atoms with Gasteiger partial charge in [-0.05, 0) is 30.3 Å². The molecule has 1 aliphatic heterocycles. The normalized spacial score (nSPS) is 16.2. The fourth-order valence-corrected chi connectivity index (χ4v) is 3.47. The van der Waals surface area contributed by atoms with Crippen LogP contribution in [0.15, 0.2) is 47.4 Å². The molecule has 0 radical (unpaired) electrons. The number of aryl methyl sites for hydroxylation is 1. The van der Waals surface area contributed by atoms with E-state index >= 15 is 0 Å². The molecule has 1 aromatic carbocycles. The lowest BCUT2D eigenvalue weighted by molar-refractivity contribution is -0.0494. The lowest BCUT2D eigenvalue weighted by atomic mass is 10.1. The Morgan fingerprint density at radius 3 is 2.41 bits per heavy atom. The number of aromatic nitrogens is 3. The van der Waals surface area contributed by atoms with Crippen molar-refractivity contribution in [2.24, 2.45) is 7.05 Å². The van der Waals surface area contributed by atoms with Crippen LogP contribution in [0.25, 0.3) is 5.65 Å². The third-order valence-corrected chi connectivity index (χ3v) is 5.32. The van der Waals surface area contributed by atoms with E-state index in [4.69, 9.17) is 0 Å². The van der Waals surface area contributed by atoms with Crippen molar-refractivity contribution < 1.29 is 13.6 Å². The fraction of sp³-hybridized carbons (Fsp3) is 0.350. The average Bonchev–Trinajstić information content (AvgIpc) is 3.00. The topological polar surface area (TPSA) is 62.9 Å². The summed E-state index contributed by atoms with van der Waals surface area (Å²) in [6.45, 7) is 0.133. The smallest absolute Gasteiger partial charge is 0.344 e. The van der Waals surface area contributed by atoms with Gasteiger partial charge in [-0.3, -0.25) is 9.20 Å². The van der Waals surface area contributed by atoms with Gasteiger partial charge in [0.05, 0.1) is 0 Å². The molecule has 152 valence electrons. The molecule has 9 heteroatoms.